The number of nitrogens with zero attached hydrogens (tertiary/aromatic N) is 2. The van der Waals surface area contributed by atoms with Gasteiger partial charge in [-0.3, -0.25) is 0 Å². The van der Waals surface area contributed by atoms with E-state index in [2.05, 4.69) is 34.3 Å². The van der Waals surface area contributed by atoms with Gasteiger partial charge in [0.1, 0.15) is 0 Å². The Bertz CT molecular complexity index is 238. The fraction of sp³-hybridized carbons (Fsp3) is 0.929. The first kappa shape index (κ1) is 16.7. The lowest BCUT2D eigenvalue weighted by molar-refractivity contribution is 0.232. The lowest BCUT2D eigenvalue weighted by Gasteiger charge is -2.26. The quantitative estimate of drug-likeness (QED) is 0.657. The van der Waals surface area contributed by atoms with Crippen LogP contribution < -0.4 is 10.6 Å². The van der Waals surface area contributed by atoms with Crippen molar-refractivity contribution in [2.24, 2.45) is 0 Å². The first-order valence-electron chi connectivity index (χ1n) is 7.72. The van der Waals surface area contributed by atoms with Crippen LogP contribution >= 0.6 is 12.2 Å². The van der Waals surface area contributed by atoms with Crippen molar-refractivity contribution >= 4 is 17.3 Å². The van der Waals surface area contributed by atoms with Crippen LogP contribution in [0.1, 0.15) is 33.1 Å². The van der Waals surface area contributed by atoms with Crippen LogP contribution in [0.5, 0.6) is 0 Å². The molecule has 112 valence electrons. The first-order chi connectivity index (χ1) is 9.26. The molecule has 1 aliphatic rings. The Morgan fingerprint density at radius 3 is 2.32 bits per heavy atom. The summed E-state index contributed by atoms with van der Waals surface area (Å²) in [7, 11) is 0. The second-order valence-corrected chi connectivity index (χ2v) is 5.52. The van der Waals surface area contributed by atoms with Gasteiger partial charge in [-0.15, -0.1) is 0 Å². The van der Waals surface area contributed by atoms with Gasteiger partial charge in [0, 0.05) is 26.2 Å². The second kappa shape index (κ2) is 10.4. The third-order valence-electron chi connectivity index (χ3n) is 3.77. The highest BCUT2D eigenvalue weighted by Gasteiger charge is 2.09. The van der Waals surface area contributed by atoms with E-state index >= 15 is 0 Å². The van der Waals surface area contributed by atoms with E-state index in [0.29, 0.717) is 0 Å². The second-order valence-electron chi connectivity index (χ2n) is 5.11. The summed E-state index contributed by atoms with van der Waals surface area (Å²) in [6.07, 6.45) is 4.11. The van der Waals surface area contributed by atoms with Crippen molar-refractivity contribution in [3.63, 3.8) is 0 Å². The maximum absolute atomic E-state index is 5.29. The van der Waals surface area contributed by atoms with E-state index in [1.807, 2.05) is 0 Å². The zero-order valence-corrected chi connectivity index (χ0v) is 13.4. The van der Waals surface area contributed by atoms with Crippen molar-refractivity contribution in [3.8, 4) is 0 Å². The number of hydrogen-bond donors (Lipinski definition) is 2. The molecule has 0 atom stereocenters. The summed E-state index contributed by atoms with van der Waals surface area (Å²) < 4.78 is 0. The van der Waals surface area contributed by atoms with Crippen molar-refractivity contribution < 1.29 is 0 Å². The van der Waals surface area contributed by atoms with Crippen LogP contribution in [0, 0.1) is 0 Å². The average molecular weight is 286 g/mol. The molecule has 1 aliphatic heterocycles. The molecule has 0 radical (unpaired) electrons. The molecule has 4 nitrogen and oxygen atoms in total. The number of hydrogen-bond acceptors (Lipinski definition) is 3. The summed E-state index contributed by atoms with van der Waals surface area (Å²) in [6.45, 7) is 13.2. The van der Waals surface area contributed by atoms with E-state index in [0.717, 1.165) is 44.4 Å². The lowest BCUT2D eigenvalue weighted by atomic mass is 10.1. The third kappa shape index (κ3) is 7.70. The van der Waals surface area contributed by atoms with E-state index in [1.54, 1.807) is 0 Å². The predicted octanol–water partition coefficient (Wildman–Crippen LogP) is 1.28. The molecule has 0 unspecified atom stereocenters. The molecule has 19 heavy (non-hydrogen) atoms. The molecule has 1 fully saturated rings. The van der Waals surface area contributed by atoms with Gasteiger partial charge in [-0.2, -0.15) is 0 Å². The highest BCUT2D eigenvalue weighted by atomic mass is 32.1. The smallest absolute Gasteiger partial charge is 0.166 e. The van der Waals surface area contributed by atoms with Crippen molar-refractivity contribution in [2.75, 3.05) is 52.4 Å². The zero-order chi connectivity index (χ0) is 13.9. The van der Waals surface area contributed by atoms with Crippen LogP contribution in [0.15, 0.2) is 0 Å². The Balaban J connectivity index is 1.98. The number of rotatable bonds is 8. The Hall–Kier alpha value is -0.390. The lowest BCUT2D eigenvalue weighted by Crippen LogP contribution is -2.43. The van der Waals surface area contributed by atoms with Gasteiger partial charge < -0.3 is 20.4 Å². The number of thiocarbonyl (C=S) groups is 1. The zero-order valence-electron chi connectivity index (χ0n) is 12.6. The summed E-state index contributed by atoms with van der Waals surface area (Å²) in [4.78, 5) is 4.92. The van der Waals surface area contributed by atoms with Gasteiger partial charge in [-0.25, -0.2) is 0 Å². The average Bonchev–Trinajstić information content (AvgIpc) is 2.45. The maximum atomic E-state index is 5.29. The Morgan fingerprint density at radius 2 is 1.68 bits per heavy atom. The Kier molecular flexibility index (Phi) is 9.12. The molecule has 0 bridgehead atoms. The van der Waals surface area contributed by atoms with Gasteiger partial charge in [0.15, 0.2) is 5.11 Å². The van der Waals surface area contributed by atoms with Crippen LogP contribution in [0.4, 0.5) is 0 Å². The fourth-order valence-corrected chi connectivity index (χ4v) is 2.64. The minimum Gasteiger partial charge on any atom is -0.361 e. The highest BCUT2D eigenvalue weighted by molar-refractivity contribution is 7.80. The first-order valence-corrected chi connectivity index (χ1v) is 8.13. The molecular formula is C14H30N4S. The molecule has 0 aromatic rings. The molecule has 0 amide bonds. The fourth-order valence-electron chi connectivity index (χ4n) is 2.44. The Labute approximate surface area is 123 Å². The molecule has 0 saturated carbocycles. The van der Waals surface area contributed by atoms with Crippen molar-refractivity contribution in [1.29, 1.82) is 0 Å². The van der Waals surface area contributed by atoms with Crippen molar-refractivity contribution in [1.82, 2.24) is 20.4 Å². The van der Waals surface area contributed by atoms with E-state index < -0.39 is 0 Å². The summed E-state index contributed by atoms with van der Waals surface area (Å²) in [5, 5.41) is 7.38. The van der Waals surface area contributed by atoms with E-state index in [9.17, 15) is 0 Å². The molecule has 0 aromatic heterocycles. The van der Waals surface area contributed by atoms with Gasteiger partial charge in [0.2, 0.25) is 0 Å². The number of piperidine rings is 1. The van der Waals surface area contributed by atoms with Gasteiger partial charge in [-0.05, 0) is 51.2 Å². The molecule has 1 saturated heterocycles. The third-order valence-corrected chi connectivity index (χ3v) is 4.06. The summed E-state index contributed by atoms with van der Waals surface area (Å²) >= 11 is 5.29. The topological polar surface area (TPSA) is 30.5 Å². The van der Waals surface area contributed by atoms with Gasteiger partial charge in [-0.1, -0.05) is 20.3 Å². The Morgan fingerprint density at radius 1 is 1.05 bits per heavy atom. The van der Waals surface area contributed by atoms with Crippen molar-refractivity contribution in [2.45, 2.75) is 33.1 Å². The number of likely N-dealkylation sites (tertiary alicyclic amines) is 1. The van der Waals surface area contributed by atoms with E-state index in [4.69, 9.17) is 12.2 Å². The minimum atomic E-state index is 0.796. The van der Waals surface area contributed by atoms with E-state index in [-0.39, 0.29) is 0 Å². The molecule has 1 heterocycles. The van der Waals surface area contributed by atoms with Crippen LogP contribution in [0.25, 0.3) is 0 Å². The van der Waals surface area contributed by atoms with E-state index in [1.165, 1.54) is 32.4 Å². The van der Waals surface area contributed by atoms with Gasteiger partial charge >= 0.3 is 0 Å². The SMILES string of the molecule is CCN(CC)CCNC(=S)NCCN1CCCCC1. The number of nitrogens with one attached hydrogen (secondary N) is 2. The normalized spacial score (nSPS) is 16.6. The van der Waals surface area contributed by atoms with Crippen LogP contribution in [0.3, 0.4) is 0 Å². The number of likely N-dealkylation sites (N-methyl/N-ethyl adjacent to an activating group) is 1. The van der Waals surface area contributed by atoms with Crippen molar-refractivity contribution in [3.05, 3.63) is 0 Å². The summed E-state index contributed by atoms with van der Waals surface area (Å²) in [5.74, 6) is 0. The molecule has 0 aromatic carbocycles. The van der Waals surface area contributed by atoms with Crippen LogP contribution in [-0.2, 0) is 0 Å². The molecular weight excluding hydrogens is 256 g/mol. The standard InChI is InChI=1S/C14H30N4S/c1-3-17(4-2)12-8-15-14(19)16-9-13-18-10-6-5-7-11-18/h3-13H2,1-2H3,(H2,15,16,19). The van der Waals surface area contributed by atoms with Gasteiger partial charge in [0.25, 0.3) is 0 Å². The molecule has 5 heteroatoms. The predicted molar refractivity (Wildman–Crippen MR) is 86.7 cm³/mol. The monoisotopic (exact) mass is 286 g/mol. The molecule has 1 rings (SSSR count). The van der Waals surface area contributed by atoms with Gasteiger partial charge in [0.05, 0.1) is 0 Å². The highest BCUT2D eigenvalue weighted by Crippen LogP contribution is 2.07. The largest absolute Gasteiger partial charge is 0.361 e. The molecule has 0 spiro atoms. The summed E-state index contributed by atoms with van der Waals surface area (Å²) in [6, 6.07) is 0. The molecule has 0 aliphatic carbocycles. The minimum absolute atomic E-state index is 0.796. The maximum Gasteiger partial charge on any atom is 0.166 e. The summed E-state index contributed by atoms with van der Waals surface area (Å²) in [5.41, 5.74) is 0. The van der Waals surface area contributed by atoms with Crippen LogP contribution in [0.2, 0.25) is 0 Å². The van der Waals surface area contributed by atoms with Crippen LogP contribution in [-0.4, -0.2) is 67.3 Å². The molecule has 2 N–H and O–H groups in total.